The zero-order chi connectivity index (χ0) is 18.5. The average Bonchev–Trinajstić information content (AvgIpc) is 2.68. The lowest BCUT2D eigenvalue weighted by molar-refractivity contribution is -0.141. The van der Waals surface area contributed by atoms with E-state index in [0.29, 0.717) is 22.3 Å². The number of nitrogens with zero attached hydrogens (tertiary/aromatic N) is 4. The minimum Gasteiger partial charge on any atom is -0.468 e. The molecule has 1 unspecified atom stereocenters. The largest absolute Gasteiger partial charge is 0.468 e. The molecule has 0 aliphatic heterocycles. The molecule has 0 aliphatic rings. The van der Waals surface area contributed by atoms with Gasteiger partial charge in [-0.1, -0.05) is 18.2 Å². The molecule has 0 bridgehead atoms. The van der Waals surface area contributed by atoms with Gasteiger partial charge in [0, 0.05) is 0 Å². The number of rotatable bonds is 4. The first-order valence-corrected chi connectivity index (χ1v) is 7.58. The summed E-state index contributed by atoms with van der Waals surface area (Å²) in [5.41, 5.74) is 1.53. The van der Waals surface area contributed by atoms with Gasteiger partial charge in [0.05, 0.1) is 35.8 Å². The first-order chi connectivity index (χ1) is 12.7. The maximum absolute atomic E-state index is 12.0. The Morgan fingerprint density at radius 1 is 1.08 bits per heavy atom. The molecule has 1 heterocycles. The molecule has 126 valence electrons. The second-order valence-electron chi connectivity index (χ2n) is 5.23. The number of hydrogen-bond acceptors (Lipinski definition) is 7. The van der Waals surface area contributed by atoms with Crippen molar-refractivity contribution in [2.75, 3.05) is 7.11 Å². The predicted octanol–water partition coefficient (Wildman–Crippen LogP) is 3.07. The Kier molecular flexibility index (Phi) is 4.73. The van der Waals surface area contributed by atoms with Crippen molar-refractivity contribution >= 4 is 17.0 Å². The third-order valence-electron chi connectivity index (χ3n) is 3.58. The van der Waals surface area contributed by atoms with Crippen LogP contribution in [0.1, 0.15) is 17.2 Å². The molecule has 0 amide bonds. The highest BCUT2D eigenvalue weighted by Crippen LogP contribution is 2.30. The molecule has 0 fully saturated rings. The van der Waals surface area contributed by atoms with Crippen molar-refractivity contribution in [2.24, 2.45) is 0 Å². The van der Waals surface area contributed by atoms with Gasteiger partial charge >= 0.3 is 5.97 Å². The number of para-hydroxylation sites is 2. The van der Waals surface area contributed by atoms with Crippen LogP contribution in [0.4, 0.5) is 0 Å². The lowest BCUT2D eigenvalue weighted by Crippen LogP contribution is -2.15. The van der Waals surface area contributed by atoms with Crippen LogP contribution in [0.5, 0.6) is 11.6 Å². The molecular weight excluding hydrogens is 332 g/mol. The van der Waals surface area contributed by atoms with Crippen molar-refractivity contribution < 1.29 is 14.3 Å². The van der Waals surface area contributed by atoms with Crippen LogP contribution in [0, 0.1) is 22.7 Å². The van der Waals surface area contributed by atoms with Crippen LogP contribution in [0.3, 0.4) is 0 Å². The van der Waals surface area contributed by atoms with Gasteiger partial charge in [-0.2, -0.15) is 10.5 Å². The molecule has 26 heavy (non-hydrogen) atoms. The fourth-order valence-electron chi connectivity index (χ4n) is 2.34. The number of ether oxygens (including phenoxy) is 2. The van der Waals surface area contributed by atoms with E-state index < -0.39 is 11.9 Å². The lowest BCUT2D eigenvalue weighted by atomic mass is 10.1. The van der Waals surface area contributed by atoms with Crippen LogP contribution in [-0.4, -0.2) is 23.0 Å². The van der Waals surface area contributed by atoms with Crippen LogP contribution in [0.25, 0.3) is 11.0 Å². The number of aromatic nitrogens is 2. The van der Waals surface area contributed by atoms with Crippen molar-refractivity contribution in [1.82, 2.24) is 9.97 Å². The number of carbonyl (C=O) groups excluding carboxylic acids is 1. The first kappa shape index (κ1) is 16.9. The van der Waals surface area contributed by atoms with E-state index >= 15 is 0 Å². The number of nitriles is 2. The Morgan fingerprint density at radius 2 is 1.81 bits per heavy atom. The number of carbonyl (C=O) groups is 1. The minimum absolute atomic E-state index is 0.00994. The highest BCUT2D eigenvalue weighted by atomic mass is 16.5. The van der Waals surface area contributed by atoms with E-state index in [2.05, 4.69) is 14.7 Å². The molecule has 1 atom stereocenters. The van der Waals surface area contributed by atoms with Gasteiger partial charge in [0.15, 0.2) is 5.92 Å². The quantitative estimate of drug-likeness (QED) is 0.669. The van der Waals surface area contributed by atoms with E-state index in [9.17, 15) is 10.1 Å². The highest BCUT2D eigenvalue weighted by Gasteiger charge is 2.28. The van der Waals surface area contributed by atoms with Crippen molar-refractivity contribution in [1.29, 1.82) is 10.5 Å². The third kappa shape index (κ3) is 3.28. The van der Waals surface area contributed by atoms with E-state index in [1.165, 1.54) is 13.2 Å². The highest BCUT2D eigenvalue weighted by molar-refractivity contribution is 5.83. The molecule has 7 heteroatoms. The van der Waals surface area contributed by atoms with E-state index in [4.69, 9.17) is 10.00 Å². The molecule has 0 aliphatic carbocycles. The number of hydrogen-bond donors (Lipinski definition) is 0. The van der Waals surface area contributed by atoms with Crippen LogP contribution in [-0.2, 0) is 9.53 Å². The lowest BCUT2D eigenvalue weighted by Gasteiger charge is -2.13. The van der Waals surface area contributed by atoms with Gasteiger partial charge in [-0.25, -0.2) is 9.97 Å². The monoisotopic (exact) mass is 344 g/mol. The molecule has 0 saturated heterocycles. The summed E-state index contributed by atoms with van der Waals surface area (Å²) in [6.07, 6.45) is 0. The molecule has 0 N–H and O–H groups in total. The maximum atomic E-state index is 12.0. The minimum atomic E-state index is -1.29. The molecule has 0 radical (unpaired) electrons. The van der Waals surface area contributed by atoms with Crippen LogP contribution < -0.4 is 4.74 Å². The summed E-state index contributed by atoms with van der Waals surface area (Å²) in [5.74, 6) is -1.69. The summed E-state index contributed by atoms with van der Waals surface area (Å²) < 4.78 is 10.4. The number of methoxy groups -OCH3 is 1. The average molecular weight is 344 g/mol. The topological polar surface area (TPSA) is 109 Å². The normalized spacial score (nSPS) is 11.2. The summed E-state index contributed by atoms with van der Waals surface area (Å²) >= 11 is 0. The smallest absolute Gasteiger partial charge is 0.329 e. The van der Waals surface area contributed by atoms with Gasteiger partial charge in [0.1, 0.15) is 11.4 Å². The van der Waals surface area contributed by atoms with Crippen molar-refractivity contribution in [2.45, 2.75) is 5.92 Å². The third-order valence-corrected chi connectivity index (χ3v) is 3.58. The molecule has 1 aromatic heterocycles. The molecule has 3 aromatic rings. The summed E-state index contributed by atoms with van der Waals surface area (Å²) in [6, 6.07) is 17.4. The Hall–Kier alpha value is -3.97. The van der Waals surface area contributed by atoms with E-state index in [-0.39, 0.29) is 11.6 Å². The van der Waals surface area contributed by atoms with Crippen molar-refractivity contribution in [3.05, 3.63) is 59.8 Å². The zero-order valence-electron chi connectivity index (χ0n) is 13.7. The Morgan fingerprint density at radius 3 is 2.46 bits per heavy atom. The second-order valence-corrected chi connectivity index (χ2v) is 5.23. The SMILES string of the molecule is COC(=O)C(C#N)c1nc2ccccc2nc1Oc1cccc(C#N)c1. The number of fused-ring (bicyclic) bond motifs is 1. The predicted molar refractivity (Wildman–Crippen MR) is 91.1 cm³/mol. The summed E-state index contributed by atoms with van der Waals surface area (Å²) in [4.78, 5) is 20.7. The molecule has 0 saturated carbocycles. The van der Waals surface area contributed by atoms with Crippen molar-refractivity contribution in [3.63, 3.8) is 0 Å². The Balaban J connectivity index is 2.15. The Bertz CT molecular complexity index is 1070. The molecule has 2 aromatic carbocycles. The Labute approximate surface area is 149 Å². The summed E-state index contributed by atoms with van der Waals surface area (Å²) in [7, 11) is 1.19. The van der Waals surface area contributed by atoms with Gasteiger partial charge in [-0.05, 0) is 30.3 Å². The van der Waals surface area contributed by atoms with Gasteiger partial charge < -0.3 is 9.47 Å². The van der Waals surface area contributed by atoms with Crippen LogP contribution in [0.2, 0.25) is 0 Å². The van der Waals surface area contributed by atoms with Gasteiger partial charge in [-0.15, -0.1) is 0 Å². The number of esters is 1. The zero-order valence-corrected chi connectivity index (χ0v) is 13.7. The fourth-order valence-corrected chi connectivity index (χ4v) is 2.34. The van der Waals surface area contributed by atoms with E-state index in [1.54, 1.807) is 42.5 Å². The van der Waals surface area contributed by atoms with Crippen LogP contribution in [0.15, 0.2) is 48.5 Å². The second kappa shape index (κ2) is 7.29. The van der Waals surface area contributed by atoms with E-state index in [0.717, 1.165) is 0 Å². The summed E-state index contributed by atoms with van der Waals surface area (Å²) in [6.45, 7) is 0. The van der Waals surface area contributed by atoms with Gasteiger partial charge in [0.25, 0.3) is 0 Å². The van der Waals surface area contributed by atoms with Gasteiger partial charge in [-0.3, -0.25) is 4.79 Å². The molecule has 3 rings (SSSR count). The first-order valence-electron chi connectivity index (χ1n) is 7.58. The molecule has 7 nitrogen and oxygen atoms in total. The van der Waals surface area contributed by atoms with Crippen LogP contribution >= 0.6 is 0 Å². The molecule has 0 spiro atoms. The maximum Gasteiger partial charge on any atom is 0.329 e. The van der Waals surface area contributed by atoms with Crippen molar-refractivity contribution in [3.8, 4) is 23.8 Å². The number of benzene rings is 2. The van der Waals surface area contributed by atoms with E-state index in [1.807, 2.05) is 12.1 Å². The van der Waals surface area contributed by atoms with Gasteiger partial charge in [0.2, 0.25) is 5.88 Å². The fraction of sp³-hybridized carbons (Fsp3) is 0.105. The standard InChI is InChI=1S/C19H12N4O3/c1-25-19(24)14(11-21)17-18(23-16-8-3-2-7-15(16)22-17)26-13-6-4-5-12(9-13)10-20/h2-9,14H,1H3. The summed E-state index contributed by atoms with van der Waals surface area (Å²) in [5, 5.41) is 18.4. The molecular formula is C19H12N4O3.